The Kier molecular flexibility index (Phi) is 13.1. The van der Waals surface area contributed by atoms with Crippen molar-refractivity contribution in [3.8, 4) is 11.5 Å². The number of hydrazone groups is 2. The Labute approximate surface area is 343 Å². The standard InChI is InChI=1S/C23H35N3O3Si.C18H26BrN3O3Si/c1-16-11-21-20(13-19(16)12-18-7-6-8-18)26-17(2)23(27)25(24-22(26)14-29-21)15-28-9-10-30(3,4)5;1-12-8-16-15(9-14(12)19)22-13(2)18(23)21(20-17(22)10-25-16)11-24-6-7-26(3,4)5/h11,13,17-18H,6-10,12,14-15H2,1-5H3;8-9,13H,6-7,10-11H2,1-5H3. The summed E-state index contributed by atoms with van der Waals surface area (Å²) in [5, 5.41) is 12.0. The van der Waals surface area contributed by atoms with E-state index in [1.807, 2.05) is 37.8 Å². The zero-order valence-corrected chi connectivity index (χ0v) is 38.6. The van der Waals surface area contributed by atoms with Crippen molar-refractivity contribution in [3.63, 3.8) is 0 Å². The van der Waals surface area contributed by atoms with Gasteiger partial charge < -0.3 is 28.7 Å². The molecule has 2 aromatic rings. The fourth-order valence-corrected chi connectivity index (χ4v) is 9.03. The molecule has 1 saturated carbocycles. The van der Waals surface area contributed by atoms with Crippen LogP contribution in [0.3, 0.4) is 0 Å². The van der Waals surface area contributed by atoms with Gasteiger partial charge in [-0.25, -0.2) is 10.0 Å². The van der Waals surface area contributed by atoms with Gasteiger partial charge in [0.1, 0.15) is 50.3 Å². The molecule has 4 heterocycles. The third-order valence-electron chi connectivity index (χ3n) is 11.1. The lowest BCUT2D eigenvalue weighted by Gasteiger charge is -2.41. The third-order valence-corrected chi connectivity index (χ3v) is 15.3. The van der Waals surface area contributed by atoms with Crippen LogP contribution < -0.4 is 19.3 Å². The second kappa shape index (κ2) is 17.3. The van der Waals surface area contributed by atoms with Crippen LogP contribution in [-0.2, 0) is 25.5 Å². The molecular weight excluding hydrogens is 809 g/mol. The molecule has 5 aliphatic rings. The Bertz CT molecular complexity index is 1860. The lowest BCUT2D eigenvalue weighted by Crippen LogP contribution is -2.57. The molecule has 2 amide bonds. The lowest BCUT2D eigenvalue weighted by atomic mass is 9.80. The number of anilines is 2. The van der Waals surface area contributed by atoms with Gasteiger partial charge in [-0.1, -0.05) is 74.5 Å². The maximum Gasteiger partial charge on any atom is 0.267 e. The van der Waals surface area contributed by atoms with Crippen molar-refractivity contribution in [2.24, 2.45) is 16.1 Å². The van der Waals surface area contributed by atoms with Crippen molar-refractivity contribution >= 4 is 66.9 Å². The van der Waals surface area contributed by atoms with Crippen LogP contribution in [0, 0.1) is 19.8 Å². The number of aryl methyl sites for hydroxylation is 2. The Hall–Kier alpha value is -3.25. The lowest BCUT2D eigenvalue weighted by molar-refractivity contribution is -0.139. The number of carbonyl (C=O) groups excluding carboxylic acids is 2. The molecule has 12 nitrogen and oxygen atoms in total. The Morgan fingerprint density at radius 1 is 0.732 bits per heavy atom. The number of rotatable bonds is 12. The fourth-order valence-electron chi connectivity index (χ4n) is 7.19. The number of halogens is 1. The van der Waals surface area contributed by atoms with Crippen molar-refractivity contribution in [2.45, 2.75) is 117 Å². The van der Waals surface area contributed by atoms with Crippen molar-refractivity contribution in [1.29, 1.82) is 0 Å². The number of hydrogen-bond donors (Lipinski definition) is 0. The number of hydrogen-bond acceptors (Lipinski definition) is 10. The number of fused-ring (bicyclic) bond motifs is 6. The minimum atomic E-state index is -1.16. The second-order valence-corrected chi connectivity index (χ2v) is 30.3. The van der Waals surface area contributed by atoms with Gasteiger partial charge in [0.2, 0.25) is 0 Å². The van der Waals surface area contributed by atoms with E-state index in [1.54, 1.807) is 0 Å². The Balaban J connectivity index is 0.000000192. The quantitative estimate of drug-likeness (QED) is 0.155. The van der Waals surface area contributed by atoms with E-state index in [0.717, 1.165) is 69.0 Å². The van der Waals surface area contributed by atoms with Crippen molar-refractivity contribution in [3.05, 3.63) is 45.4 Å². The maximum atomic E-state index is 13.0. The first kappa shape index (κ1) is 42.4. The number of ether oxygens (including phenoxy) is 4. The zero-order valence-electron chi connectivity index (χ0n) is 35.0. The minimum absolute atomic E-state index is 0.0271. The van der Waals surface area contributed by atoms with Gasteiger partial charge in [-0.15, -0.1) is 0 Å². The first-order valence-corrected chi connectivity index (χ1v) is 28.3. The monoisotopic (exact) mass is 868 g/mol. The van der Waals surface area contributed by atoms with Crippen molar-refractivity contribution in [2.75, 3.05) is 49.7 Å². The van der Waals surface area contributed by atoms with E-state index in [1.165, 1.54) is 40.4 Å². The number of amidine groups is 2. The first-order chi connectivity index (χ1) is 26.4. The predicted molar refractivity (Wildman–Crippen MR) is 232 cm³/mol. The molecule has 306 valence electrons. The number of amides is 2. The highest BCUT2D eigenvalue weighted by Gasteiger charge is 2.40. The smallest absolute Gasteiger partial charge is 0.267 e. The van der Waals surface area contributed by atoms with Crippen molar-refractivity contribution in [1.82, 2.24) is 10.0 Å². The third kappa shape index (κ3) is 9.88. The van der Waals surface area contributed by atoms with Crippen LogP contribution in [0.25, 0.3) is 0 Å². The molecule has 0 radical (unpaired) electrons. The topological polar surface area (TPSA) is 109 Å². The van der Waals surface area contributed by atoms with E-state index in [9.17, 15) is 9.59 Å². The van der Waals surface area contributed by atoms with Crippen LogP contribution in [0.4, 0.5) is 11.4 Å². The number of benzene rings is 2. The Morgan fingerprint density at radius 3 is 1.64 bits per heavy atom. The molecule has 2 atom stereocenters. The van der Waals surface area contributed by atoms with Gasteiger partial charge in [-0.05, 0) is 93.1 Å². The van der Waals surface area contributed by atoms with Gasteiger partial charge in [-0.2, -0.15) is 10.2 Å². The van der Waals surface area contributed by atoms with Crippen LogP contribution in [0.2, 0.25) is 51.4 Å². The average molecular weight is 870 g/mol. The summed E-state index contributed by atoms with van der Waals surface area (Å²) < 4.78 is 24.4. The van der Waals surface area contributed by atoms with Crippen LogP contribution in [-0.4, -0.2) is 102 Å². The van der Waals surface area contributed by atoms with Gasteiger partial charge in [0, 0.05) is 33.8 Å². The van der Waals surface area contributed by atoms with Gasteiger partial charge in [0.15, 0.2) is 11.7 Å². The van der Waals surface area contributed by atoms with E-state index in [-0.39, 0.29) is 37.4 Å². The molecule has 2 aromatic carbocycles. The van der Waals surface area contributed by atoms with Crippen LogP contribution in [0.15, 0.2) is 38.9 Å². The summed E-state index contributed by atoms with van der Waals surface area (Å²) in [7, 11) is -2.30. The van der Waals surface area contributed by atoms with Gasteiger partial charge in [0.25, 0.3) is 11.8 Å². The molecule has 0 aromatic heterocycles. The van der Waals surface area contributed by atoms with Crippen molar-refractivity contribution < 1.29 is 28.5 Å². The molecule has 15 heteroatoms. The molecule has 56 heavy (non-hydrogen) atoms. The average Bonchev–Trinajstić information content (AvgIpc) is 3.10. The summed E-state index contributed by atoms with van der Waals surface area (Å²) in [5.74, 6) is 3.85. The Morgan fingerprint density at radius 2 is 1.20 bits per heavy atom. The summed E-state index contributed by atoms with van der Waals surface area (Å²) in [4.78, 5) is 29.8. The maximum absolute atomic E-state index is 13.0. The molecule has 0 saturated heterocycles. The highest BCUT2D eigenvalue weighted by atomic mass is 79.9. The molecule has 7 rings (SSSR count). The van der Waals surface area contributed by atoms with E-state index >= 15 is 0 Å². The second-order valence-electron chi connectivity index (χ2n) is 18.2. The normalized spacial score (nSPS) is 20.7. The van der Waals surface area contributed by atoms with Gasteiger partial charge in [0.05, 0.1) is 11.4 Å². The van der Waals surface area contributed by atoms with E-state index in [4.69, 9.17) is 18.9 Å². The molecule has 0 bridgehead atoms. The fraction of sp³-hybridized carbons (Fsp3) is 0.610. The SMILES string of the molecule is Cc1cc2c(cc1Br)N1C(=NN(COCC[Si](C)(C)C)C(=O)C1C)CO2.Cc1cc2c(cc1CC1CCC1)N1C(=NN(COCC[Si](C)(C)C)C(=O)C1C)CO2. The van der Waals surface area contributed by atoms with Crippen LogP contribution >= 0.6 is 15.9 Å². The summed E-state index contributed by atoms with van der Waals surface area (Å²) in [5.41, 5.74) is 5.57. The largest absolute Gasteiger partial charge is 0.483 e. The minimum Gasteiger partial charge on any atom is -0.483 e. The molecule has 0 spiro atoms. The molecular formula is C41H61BrN6O6Si2. The molecule has 1 aliphatic carbocycles. The van der Waals surface area contributed by atoms with Crippen LogP contribution in [0.5, 0.6) is 11.5 Å². The molecule has 0 N–H and O–H groups in total. The first-order valence-electron chi connectivity index (χ1n) is 20.1. The summed E-state index contributed by atoms with van der Waals surface area (Å²) in [6.07, 6.45) is 5.11. The van der Waals surface area contributed by atoms with Gasteiger partial charge in [-0.3, -0.25) is 9.59 Å². The van der Waals surface area contributed by atoms with E-state index in [2.05, 4.69) is 89.4 Å². The predicted octanol–water partition coefficient (Wildman–Crippen LogP) is 8.21. The van der Waals surface area contributed by atoms with Gasteiger partial charge >= 0.3 is 0 Å². The molecule has 2 unspecified atom stereocenters. The summed E-state index contributed by atoms with van der Waals surface area (Å²) >= 11 is 3.56. The number of nitrogens with zero attached hydrogens (tertiary/aromatic N) is 6. The highest BCUT2D eigenvalue weighted by molar-refractivity contribution is 9.10. The zero-order chi connectivity index (χ0) is 40.5. The molecule has 1 fully saturated rings. The molecule has 4 aliphatic heterocycles. The van der Waals surface area contributed by atoms with Crippen LogP contribution in [0.1, 0.15) is 49.8 Å². The summed E-state index contributed by atoms with van der Waals surface area (Å²) in [6, 6.07) is 9.80. The van der Waals surface area contributed by atoms with E-state index in [0.29, 0.717) is 26.4 Å². The van der Waals surface area contributed by atoms with E-state index < -0.39 is 16.1 Å². The summed E-state index contributed by atoms with van der Waals surface area (Å²) in [6.45, 7) is 24.3. The highest BCUT2D eigenvalue weighted by Crippen LogP contribution is 2.41. The number of carbonyl (C=O) groups is 2.